The first-order valence-electron chi connectivity index (χ1n) is 8.23. The second-order valence-corrected chi connectivity index (χ2v) is 7.73. The molecule has 2 rings (SSSR count). The van der Waals surface area contributed by atoms with Crippen molar-refractivity contribution < 1.29 is 17.0 Å². The third kappa shape index (κ3) is 7.94. The Balaban J connectivity index is 0.000000891. The fourth-order valence-corrected chi connectivity index (χ4v) is 2.40. The minimum atomic E-state index is -0.556. The molecule has 0 heterocycles. The van der Waals surface area contributed by atoms with E-state index < -0.39 is 17.0 Å². The average molecular weight is 399 g/mol. The van der Waals surface area contributed by atoms with Crippen molar-refractivity contribution in [3.8, 4) is 0 Å². The summed E-state index contributed by atoms with van der Waals surface area (Å²) in [5, 5.41) is 9.38. The molecule has 2 aromatic carbocycles. The fourth-order valence-electron chi connectivity index (χ4n) is 2.40. The first-order valence-corrected chi connectivity index (χ1v) is 12.5. The Morgan fingerprint density at radius 2 is 1.12 bits per heavy atom. The topological polar surface area (TPSA) is 28.2 Å². The summed E-state index contributed by atoms with van der Waals surface area (Å²) < 4.78 is 0. The molecule has 2 nitrogen and oxygen atoms in total. The maximum atomic E-state index is 4.89. The number of halogens is 2. The predicted octanol–water partition coefficient (Wildman–Crippen LogP) is 7.29. The zero-order chi connectivity index (χ0) is 17.6. The van der Waals surface area contributed by atoms with E-state index in [0.29, 0.717) is 0 Å². The van der Waals surface area contributed by atoms with E-state index >= 15 is 0 Å². The Kier molecular flexibility index (Phi) is 12.1. The van der Waals surface area contributed by atoms with E-state index in [1.54, 1.807) is 0 Å². The van der Waals surface area contributed by atoms with Crippen molar-refractivity contribution >= 4 is 30.0 Å². The van der Waals surface area contributed by atoms with E-state index in [1.807, 2.05) is 0 Å². The number of hydrogen-bond donors (Lipinski definition) is 0. The Labute approximate surface area is 163 Å². The summed E-state index contributed by atoms with van der Waals surface area (Å²) in [4.78, 5) is 0. The van der Waals surface area contributed by atoms with E-state index in [0.717, 1.165) is 43.7 Å². The summed E-state index contributed by atoms with van der Waals surface area (Å²) in [7, 11) is 9.78. The maximum absolute atomic E-state index is 4.89. The van der Waals surface area contributed by atoms with Gasteiger partial charge in [0.15, 0.2) is 0 Å². The van der Waals surface area contributed by atoms with Gasteiger partial charge in [-0.1, -0.05) is 79.9 Å². The molecule has 24 heavy (non-hydrogen) atoms. The molecule has 0 bridgehead atoms. The molecule has 0 spiro atoms. The van der Waals surface area contributed by atoms with Gasteiger partial charge in [0.2, 0.25) is 0 Å². The molecule has 0 N–H and O–H groups in total. The van der Waals surface area contributed by atoms with Crippen molar-refractivity contribution in [2.45, 2.75) is 33.1 Å². The predicted molar refractivity (Wildman–Crippen MR) is 104 cm³/mol. The molecule has 0 atom stereocenters. The minimum absolute atomic E-state index is 0.556. The van der Waals surface area contributed by atoms with Crippen molar-refractivity contribution in [3.05, 3.63) is 70.3 Å². The molecule has 0 amide bonds. The Morgan fingerprint density at radius 3 is 1.50 bits per heavy atom. The molecule has 0 saturated heterocycles. The van der Waals surface area contributed by atoms with Crippen molar-refractivity contribution in [1.82, 2.24) is 0 Å². The summed E-state index contributed by atoms with van der Waals surface area (Å²) in [5.41, 5.74) is 4.92. The average Bonchev–Trinajstić information content (AvgIpc) is 2.63. The van der Waals surface area contributed by atoms with Gasteiger partial charge in [0.1, 0.15) is 0 Å². The van der Waals surface area contributed by atoms with Crippen molar-refractivity contribution in [2.75, 3.05) is 13.1 Å². The van der Waals surface area contributed by atoms with Gasteiger partial charge < -0.3 is 10.6 Å². The summed E-state index contributed by atoms with van der Waals surface area (Å²) in [5.74, 6) is 0. The first-order chi connectivity index (χ1) is 11.8. The molecule has 5 heteroatoms. The van der Waals surface area contributed by atoms with Crippen LogP contribution in [0.25, 0.3) is 10.6 Å². The second kappa shape index (κ2) is 13.6. The van der Waals surface area contributed by atoms with E-state index in [2.05, 4.69) is 62.4 Å². The van der Waals surface area contributed by atoms with E-state index in [9.17, 15) is 0 Å². The van der Waals surface area contributed by atoms with Gasteiger partial charge in [0.05, 0.1) is 0 Å². The van der Waals surface area contributed by atoms with Gasteiger partial charge in [-0.2, -0.15) is 0 Å². The molecule has 0 radical (unpaired) electrons. The van der Waals surface area contributed by atoms with Crippen molar-refractivity contribution in [2.24, 2.45) is 0 Å². The number of hydrogen-bond acceptors (Lipinski definition) is 0. The Bertz CT molecular complexity index is 529. The zero-order valence-electron chi connectivity index (χ0n) is 14.3. The Hall–Kier alpha value is -0.666. The molecule has 2 aromatic rings. The molecule has 0 aliphatic carbocycles. The van der Waals surface area contributed by atoms with Crippen LogP contribution in [0, 0.1) is 0 Å². The van der Waals surface area contributed by atoms with Gasteiger partial charge in [0, 0.05) is 0 Å². The molecular formula is C19H24Cl2N2Ti-2. The molecular weight excluding hydrogens is 375 g/mol. The van der Waals surface area contributed by atoms with Crippen molar-refractivity contribution in [1.29, 1.82) is 0 Å². The molecule has 0 saturated carbocycles. The van der Waals surface area contributed by atoms with Crippen LogP contribution in [0.1, 0.15) is 31.4 Å². The van der Waals surface area contributed by atoms with Crippen LogP contribution >= 0.6 is 18.6 Å². The van der Waals surface area contributed by atoms with Gasteiger partial charge in [-0.05, 0) is 12.8 Å². The first kappa shape index (κ1) is 21.4. The summed E-state index contributed by atoms with van der Waals surface area (Å²) in [6.45, 7) is 6.03. The van der Waals surface area contributed by atoms with E-state index in [4.69, 9.17) is 29.2 Å². The van der Waals surface area contributed by atoms with Crippen LogP contribution < -0.4 is 0 Å². The van der Waals surface area contributed by atoms with Crippen molar-refractivity contribution in [3.63, 3.8) is 0 Å². The number of rotatable bonds is 8. The Morgan fingerprint density at radius 1 is 0.750 bits per heavy atom. The van der Waals surface area contributed by atoms with Gasteiger partial charge >= 0.3 is 35.6 Å². The third-order valence-corrected chi connectivity index (χ3v) is 3.63. The normalized spacial score (nSPS) is 9.67. The standard InChI is InChI=1S/C19H24N2.2ClH.Ti/c1-3-16-10-5-7-12-18(16)20-14-9-15-21-19-13-8-6-11-17(19)4-2;;;/h5-8,10-13H,3-4,9,14-15H2,1-2H3;2*1H;/q-2;;;+2/p-2. The van der Waals surface area contributed by atoms with Crippen LogP contribution in [0.3, 0.4) is 0 Å². The van der Waals surface area contributed by atoms with Crippen LogP contribution in [-0.4, -0.2) is 13.1 Å². The van der Waals surface area contributed by atoms with E-state index in [-0.39, 0.29) is 0 Å². The third-order valence-electron chi connectivity index (χ3n) is 3.63. The van der Waals surface area contributed by atoms with Crippen LogP contribution in [0.5, 0.6) is 0 Å². The van der Waals surface area contributed by atoms with Gasteiger partial charge in [-0.25, -0.2) is 0 Å². The van der Waals surface area contributed by atoms with Crippen LogP contribution in [0.4, 0.5) is 11.4 Å². The number of aryl methyl sites for hydroxylation is 2. The van der Waals surface area contributed by atoms with Gasteiger partial charge in [0.25, 0.3) is 0 Å². The molecule has 0 aliphatic rings. The number of para-hydroxylation sites is 2. The molecule has 0 aromatic heterocycles. The molecule has 130 valence electrons. The zero-order valence-corrected chi connectivity index (χ0v) is 17.4. The monoisotopic (exact) mass is 398 g/mol. The van der Waals surface area contributed by atoms with Gasteiger partial charge in [-0.3, -0.25) is 0 Å². The molecule has 0 unspecified atom stereocenters. The van der Waals surface area contributed by atoms with Crippen LogP contribution in [-0.2, 0) is 29.9 Å². The quantitative estimate of drug-likeness (QED) is 0.330. The van der Waals surface area contributed by atoms with E-state index in [1.165, 1.54) is 11.1 Å². The number of benzene rings is 2. The summed E-state index contributed by atoms with van der Waals surface area (Å²) in [6, 6.07) is 16.8. The molecule has 0 aliphatic heterocycles. The molecule has 0 fully saturated rings. The SMILES string of the molecule is CCc1ccccc1[N-]CCC[N-]c1ccccc1CC.[Cl][Ti][Cl]. The summed E-state index contributed by atoms with van der Waals surface area (Å²) in [6.07, 6.45) is 3.07. The number of nitrogens with zero attached hydrogens (tertiary/aromatic N) is 2. The summed E-state index contributed by atoms with van der Waals surface area (Å²) >= 11 is -0.556. The van der Waals surface area contributed by atoms with Crippen LogP contribution in [0.2, 0.25) is 0 Å². The second-order valence-electron chi connectivity index (χ2n) is 5.15. The fraction of sp³-hybridized carbons (Fsp3) is 0.368. The van der Waals surface area contributed by atoms with Gasteiger partial charge in [-0.15, -0.1) is 24.5 Å². The van der Waals surface area contributed by atoms with Crippen LogP contribution in [0.15, 0.2) is 48.5 Å².